The van der Waals surface area contributed by atoms with Crippen molar-refractivity contribution in [3.8, 4) is 5.69 Å². The molecule has 94 valence electrons. The van der Waals surface area contributed by atoms with Crippen LogP contribution >= 0.6 is 0 Å². The van der Waals surface area contributed by atoms with Gasteiger partial charge in [0.1, 0.15) is 5.82 Å². The third-order valence-corrected chi connectivity index (χ3v) is 2.80. The van der Waals surface area contributed by atoms with Crippen LogP contribution in [-0.4, -0.2) is 20.9 Å². The SMILES string of the molecule is Cc1cc(C)c(-n2nc(C(=O)O)cc2N)c(C)c1. The molecule has 1 aromatic heterocycles. The van der Waals surface area contributed by atoms with Crippen molar-refractivity contribution < 1.29 is 9.90 Å². The molecule has 0 aliphatic heterocycles. The summed E-state index contributed by atoms with van der Waals surface area (Å²) in [4.78, 5) is 10.9. The summed E-state index contributed by atoms with van der Waals surface area (Å²) in [5.41, 5.74) is 9.79. The number of rotatable bonds is 2. The number of benzene rings is 1. The molecule has 2 rings (SSSR count). The Bertz CT molecular complexity index is 606. The maximum atomic E-state index is 10.9. The van der Waals surface area contributed by atoms with Gasteiger partial charge in [-0.25, -0.2) is 9.48 Å². The van der Waals surface area contributed by atoms with Crippen LogP contribution in [0, 0.1) is 20.8 Å². The van der Waals surface area contributed by atoms with E-state index in [0.717, 1.165) is 22.4 Å². The lowest BCUT2D eigenvalue weighted by Gasteiger charge is -2.12. The normalized spacial score (nSPS) is 10.6. The highest BCUT2D eigenvalue weighted by atomic mass is 16.4. The van der Waals surface area contributed by atoms with E-state index in [4.69, 9.17) is 10.8 Å². The quantitative estimate of drug-likeness (QED) is 0.848. The van der Waals surface area contributed by atoms with Crippen molar-refractivity contribution >= 4 is 11.8 Å². The molecular formula is C13H15N3O2. The van der Waals surface area contributed by atoms with Gasteiger partial charge in [-0.2, -0.15) is 5.10 Å². The zero-order valence-electron chi connectivity index (χ0n) is 10.6. The van der Waals surface area contributed by atoms with Gasteiger partial charge < -0.3 is 10.8 Å². The van der Waals surface area contributed by atoms with Crippen molar-refractivity contribution in [2.45, 2.75) is 20.8 Å². The summed E-state index contributed by atoms with van der Waals surface area (Å²) >= 11 is 0. The average molecular weight is 245 g/mol. The van der Waals surface area contributed by atoms with Gasteiger partial charge in [0, 0.05) is 6.07 Å². The first-order valence-electron chi connectivity index (χ1n) is 5.57. The summed E-state index contributed by atoms with van der Waals surface area (Å²) in [7, 11) is 0. The molecule has 0 aliphatic rings. The van der Waals surface area contributed by atoms with Gasteiger partial charge in [-0.05, 0) is 31.9 Å². The molecular weight excluding hydrogens is 230 g/mol. The highest BCUT2D eigenvalue weighted by Crippen LogP contribution is 2.23. The number of aromatic carboxylic acids is 1. The van der Waals surface area contributed by atoms with Gasteiger partial charge in [0.25, 0.3) is 0 Å². The third kappa shape index (κ3) is 1.95. The van der Waals surface area contributed by atoms with Gasteiger partial charge in [0.2, 0.25) is 0 Å². The minimum Gasteiger partial charge on any atom is -0.476 e. The topological polar surface area (TPSA) is 81.1 Å². The molecule has 5 heteroatoms. The Hall–Kier alpha value is -2.30. The van der Waals surface area contributed by atoms with Crippen LogP contribution in [-0.2, 0) is 0 Å². The van der Waals surface area contributed by atoms with E-state index in [1.165, 1.54) is 10.7 Å². The summed E-state index contributed by atoms with van der Waals surface area (Å²) < 4.78 is 1.48. The number of aryl methyl sites for hydroxylation is 3. The monoisotopic (exact) mass is 245 g/mol. The first kappa shape index (κ1) is 12.2. The molecule has 0 fully saturated rings. The van der Waals surface area contributed by atoms with E-state index in [0.29, 0.717) is 5.82 Å². The average Bonchev–Trinajstić information content (AvgIpc) is 2.59. The van der Waals surface area contributed by atoms with E-state index in [9.17, 15) is 4.79 Å². The molecule has 0 saturated carbocycles. The van der Waals surface area contributed by atoms with E-state index in [1.54, 1.807) is 0 Å². The lowest BCUT2D eigenvalue weighted by molar-refractivity contribution is 0.0690. The highest BCUT2D eigenvalue weighted by molar-refractivity contribution is 5.86. The number of nitrogens with two attached hydrogens (primary N) is 1. The lowest BCUT2D eigenvalue weighted by atomic mass is 10.1. The van der Waals surface area contributed by atoms with E-state index < -0.39 is 5.97 Å². The van der Waals surface area contributed by atoms with Crippen LogP contribution < -0.4 is 5.73 Å². The Morgan fingerprint density at radius 3 is 2.22 bits per heavy atom. The minimum absolute atomic E-state index is 0.0492. The fourth-order valence-corrected chi connectivity index (χ4v) is 2.19. The highest BCUT2D eigenvalue weighted by Gasteiger charge is 2.15. The molecule has 0 amide bonds. The molecule has 0 unspecified atom stereocenters. The molecule has 1 aromatic carbocycles. The van der Waals surface area contributed by atoms with Gasteiger partial charge in [0.05, 0.1) is 5.69 Å². The van der Waals surface area contributed by atoms with Crippen LogP contribution in [0.15, 0.2) is 18.2 Å². The molecule has 18 heavy (non-hydrogen) atoms. The van der Waals surface area contributed by atoms with Gasteiger partial charge in [-0.1, -0.05) is 17.7 Å². The van der Waals surface area contributed by atoms with E-state index >= 15 is 0 Å². The second-order valence-corrected chi connectivity index (χ2v) is 4.42. The summed E-state index contributed by atoms with van der Waals surface area (Å²) in [5, 5.41) is 12.9. The van der Waals surface area contributed by atoms with Crippen LogP contribution in [0.4, 0.5) is 5.82 Å². The van der Waals surface area contributed by atoms with Crippen LogP contribution in [0.25, 0.3) is 5.69 Å². The molecule has 0 spiro atoms. The molecule has 0 atom stereocenters. The summed E-state index contributed by atoms with van der Waals surface area (Å²) in [6.45, 7) is 5.92. The molecule has 0 aliphatic carbocycles. The summed E-state index contributed by atoms with van der Waals surface area (Å²) in [6, 6.07) is 5.40. The number of anilines is 1. The number of carboxylic acids is 1. The van der Waals surface area contributed by atoms with Crippen molar-refractivity contribution in [2.24, 2.45) is 0 Å². The third-order valence-electron chi connectivity index (χ3n) is 2.80. The van der Waals surface area contributed by atoms with Crippen LogP contribution in [0.2, 0.25) is 0 Å². The zero-order chi connectivity index (χ0) is 13.4. The standard InChI is InChI=1S/C13H15N3O2/c1-7-4-8(2)12(9(3)5-7)16-11(14)6-10(15-16)13(17)18/h4-6H,14H2,1-3H3,(H,17,18). The van der Waals surface area contributed by atoms with E-state index in [-0.39, 0.29) is 5.69 Å². The minimum atomic E-state index is -1.08. The van der Waals surface area contributed by atoms with Crippen molar-refractivity contribution in [3.05, 3.63) is 40.6 Å². The van der Waals surface area contributed by atoms with Crippen LogP contribution in [0.3, 0.4) is 0 Å². The van der Waals surface area contributed by atoms with E-state index in [2.05, 4.69) is 5.10 Å². The van der Waals surface area contributed by atoms with Gasteiger partial charge >= 0.3 is 5.97 Å². The van der Waals surface area contributed by atoms with Gasteiger partial charge in [0.15, 0.2) is 5.69 Å². The Morgan fingerprint density at radius 1 is 1.22 bits per heavy atom. The van der Waals surface area contributed by atoms with Gasteiger partial charge in [-0.15, -0.1) is 0 Å². The fourth-order valence-electron chi connectivity index (χ4n) is 2.19. The number of nitrogens with zero attached hydrogens (tertiary/aromatic N) is 2. The largest absolute Gasteiger partial charge is 0.476 e. The number of carboxylic acid groups (broad SMARTS) is 1. The molecule has 0 radical (unpaired) electrons. The number of carbonyl (C=O) groups is 1. The molecule has 2 aromatic rings. The molecule has 5 nitrogen and oxygen atoms in total. The maximum absolute atomic E-state index is 10.9. The second-order valence-electron chi connectivity index (χ2n) is 4.42. The summed E-state index contributed by atoms with van der Waals surface area (Å²) in [5.74, 6) is -0.759. The van der Waals surface area contributed by atoms with Crippen molar-refractivity contribution in [2.75, 3.05) is 5.73 Å². The fraction of sp³-hybridized carbons (Fsp3) is 0.231. The molecule has 0 bridgehead atoms. The molecule has 3 N–H and O–H groups in total. The Labute approximate surface area is 105 Å². The second kappa shape index (κ2) is 4.18. The Kier molecular flexibility index (Phi) is 2.82. The predicted molar refractivity (Wildman–Crippen MR) is 69.1 cm³/mol. The van der Waals surface area contributed by atoms with Crippen LogP contribution in [0.1, 0.15) is 27.2 Å². The number of hydrogen-bond donors (Lipinski definition) is 2. The number of aromatic nitrogens is 2. The Morgan fingerprint density at radius 2 is 1.78 bits per heavy atom. The Balaban J connectivity index is 2.66. The molecule has 0 saturated heterocycles. The smallest absolute Gasteiger partial charge is 0.356 e. The van der Waals surface area contributed by atoms with Crippen molar-refractivity contribution in [1.82, 2.24) is 9.78 Å². The van der Waals surface area contributed by atoms with E-state index in [1.807, 2.05) is 32.9 Å². The number of hydrogen-bond acceptors (Lipinski definition) is 3. The first-order valence-corrected chi connectivity index (χ1v) is 5.57. The zero-order valence-corrected chi connectivity index (χ0v) is 10.6. The van der Waals surface area contributed by atoms with Crippen molar-refractivity contribution in [1.29, 1.82) is 0 Å². The number of nitrogen functional groups attached to an aromatic ring is 1. The van der Waals surface area contributed by atoms with Crippen LogP contribution in [0.5, 0.6) is 0 Å². The van der Waals surface area contributed by atoms with Crippen molar-refractivity contribution in [3.63, 3.8) is 0 Å². The predicted octanol–water partition coefficient (Wildman–Crippen LogP) is 2.08. The summed E-state index contributed by atoms with van der Waals surface area (Å²) in [6.07, 6.45) is 0. The molecule has 1 heterocycles. The lowest BCUT2D eigenvalue weighted by Crippen LogP contribution is -2.07. The van der Waals surface area contributed by atoms with Gasteiger partial charge in [-0.3, -0.25) is 0 Å². The maximum Gasteiger partial charge on any atom is 0.356 e. The first-order chi connectivity index (χ1) is 8.40.